The van der Waals surface area contributed by atoms with Gasteiger partial charge in [0, 0.05) is 13.1 Å². The molecule has 92 valence electrons. The summed E-state index contributed by atoms with van der Waals surface area (Å²) < 4.78 is 0. The van der Waals surface area contributed by atoms with Crippen LogP contribution in [0.15, 0.2) is 30.5 Å². The van der Waals surface area contributed by atoms with Gasteiger partial charge in [0.25, 0.3) is 5.91 Å². The van der Waals surface area contributed by atoms with Crippen LogP contribution in [0.25, 0.3) is 0 Å². The highest BCUT2D eigenvalue weighted by Gasteiger charge is 2.23. The lowest BCUT2D eigenvalue weighted by Crippen LogP contribution is -2.31. The van der Waals surface area contributed by atoms with Gasteiger partial charge in [-0.2, -0.15) is 15.4 Å². The minimum Gasteiger partial charge on any atom is -0.383 e. The molecule has 0 spiro atoms. The molecule has 1 aromatic heterocycles. The number of carbonyl (C=O) groups is 1. The summed E-state index contributed by atoms with van der Waals surface area (Å²) in [5, 5.41) is 13.3. The average Bonchev–Trinajstić information content (AvgIpc) is 2.85. The van der Waals surface area contributed by atoms with Crippen LogP contribution in [0, 0.1) is 0 Å². The lowest BCUT2D eigenvalue weighted by Gasteiger charge is -2.21. The van der Waals surface area contributed by atoms with Crippen LogP contribution in [0.4, 0.5) is 11.4 Å². The molecule has 0 atom stereocenters. The quantitative estimate of drug-likeness (QED) is 0.791. The number of H-pyrrole nitrogens is 1. The summed E-state index contributed by atoms with van der Waals surface area (Å²) in [6, 6.07) is 7.79. The van der Waals surface area contributed by atoms with E-state index in [0.29, 0.717) is 12.2 Å². The van der Waals surface area contributed by atoms with Crippen molar-refractivity contribution in [3.63, 3.8) is 0 Å². The zero-order chi connectivity index (χ0) is 12.4. The molecule has 0 radical (unpaired) electrons. The molecule has 1 aromatic carbocycles. The Morgan fingerprint density at radius 2 is 2.22 bits per heavy atom. The Morgan fingerprint density at radius 1 is 1.33 bits per heavy atom. The van der Waals surface area contributed by atoms with Crippen molar-refractivity contribution >= 4 is 17.3 Å². The molecule has 6 heteroatoms. The lowest BCUT2D eigenvalue weighted by molar-refractivity contribution is 0.0982. The topological polar surface area (TPSA) is 73.9 Å². The van der Waals surface area contributed by atoms with Gasteiger partial charge in [-0.15, -0.1) is 0 Å². The third-order valence-electron chi connectivity index (χ3n) is 2.95. The monoisotopic (exact) mass is 243 g/mol. The van der Waals surface area contributed by atoms with E-state index >= 15 is 0 Å². The first-order valence-electron chi connectivity index (χ1n) is 5.87. The number of benzene rings is 1. The molecule has 18 heavy (non-hydrogen) atoms. The van der Waals surface area contributed by atoms with E-state index < -0.39 is 0 Å². The van der Waals surface area contributed by atoms with Crippen molar-refractivity contribution in [2.45, 2.75) is 6.42 Å². The van der Waals surface area contributed by atoms with Crippen LogP contribution < -0.4 is 10.2 Å². The summed E-state index contributed by atoms with van der Waals surface area (Å²) in [6.45, 7) is 1.54. The second-order valence-corrected chi connectivity index (χ2v) is 4.11. The lowest BCUT2D eigenvalue weighted by atomic mass is 10.2. The fourth-order valence-corrected chi connectivity index (χ4v) is 2.09. The van der Waals surface area contributed by atoms with E-state index in [0.717, 1.165) is 24.3 Å². The van der Waals surface area contributed by atoms with Gasteiger partial charge in [0.05, 0.1) is 17.6 Å². The van der Waals surface area contributed by atoms with Gasteiger partial charge in [0.15, 0.2) is 5.69 Å². The molecule has 0 saturated heterocycles. The highest BCUT2D eigenvalue weighted by atomic mass is 16.2. The number of nitrogens with zero attached hydrogens (tertiary/aromatic N) is 3. The Hall–Kier alpha value is -2.37. The number of carbonyl (C=O) groups excluding carboxylic acids is 1. The summed E-state index contributed by atoms with van der Waals surface area (Å²) in [7, 11) is 0. The van der Waals surface area contributed by atoms with Crippen molar-refractivity contribution in [3.8, 4) is 0 Å². The summed E-state index contributed by atoms with van der Waals surface area (Å²) in [6.07, 6.45) is 2.35. The summed E-state index contributed by atoms with van der Waals surface area (Å²) in [5.74, 6) is -0.125. The second kappa shape index (κ2) is 4.48. The predicted molar refractivity (Wildman–Crippen MR) is 67.6 cm³/mol. The van der Waals surface area contributed by atoms with Crippen LogP contribution >= 0.6 is 0 Å². The van der Waals surface area contributed by atoms with Crippen molar-refractivity contribution in [1.82, 2.24) is 15.4 Å². The first-order valence-corrected chi connectivity index (χ1v) is 5.87. The van der Waals surface area contributed by atoms with Gasteiger partial charge in [0.1, 0.15) is 0 Å². The number of aromatic amines is 1. The summed E-state index contributed by atoms with van der Waals surface area (Å²) in [5.41, 5.74) is 2.21. The second-order valence-electron chi connectivity index (χ2n) is 4.11. The summed E-state index contributed by atoms with van der Waals surface area (Å²) in [4.78, 5) is 14.1. The van der Waals surface area contributed by atoms with Crippen LogP contribution in [-0.2, 0) is 0 Å². The highest BCUT2D eigenvalue weighted by molar-refractivity contribution is 6.06. The number of amides is 1. The van der Waals surface area contributed by atoms with Gasteiger partial charge in [0.2, 0.25) is 0 Å². The molecule has 1 amide bonds. The molecule has 1 aliphatic rings. The van der Waals surface area contributed by atoms with E-state index in [2.05, 4.69) is 20.7 Å². The molecule has 0 saturated carbocycles. The maximum Gasteiger partial charge on any atom is 0.280 e. The Bertz CT molecular complexity index is 551. The summed E-state index contributed by atoms with van der Waals surface area (Å²) >= 11 is 0. The maximum absolute atomic E-state index is 12.4. The fraction of sp³-hybridized carbons (Fsp3) is 0.250. The number of hydrogen-bond donors (Lipinski definition) is 2. The Morgan fingerprint density at radius 3 is 3.06 bits per heavy atom. The van der Waals surface area contributed by atoms with Gasteiger partial charge in [-0.05, 0) is 18.6 Å². The van der Waals surface area contributed by atoms with Gasteiger partial charge in [-0.1, -0.05) is 12.1 Å². The van der Waals surface area contributed by atoms with Crippen LogP contribution in [0.2, 0.25) is 0 Å². The highest BCUT2D eigenvalue weighted by Crippen LogP contribution is 2.28. The Kier molecular flexibility index (Phi) is 2.68. The molecule has 0 fully saturated rings. The van der Waals surface area contributed by atoms with Gasteiger partial charge >= 0.3 is 0 Å². The van der Waals surface area contributed by atoms with E-state index in [1.165, 1.54) is 6.20 Å². The van der Waals surface area contributed by atoms with Crippen molar-refractivity contribution in [2.24, 2.45) is 0 Å². The third kappa shape index (κ3) is 1.81. The van der Waals surface area contributed by atoms with Crippen LogP contribution in [0.1, 0.15) is 16.9 Å². The fourth-order valence-electron chi connectivity index (χ4n) is 2.09. The van der Waals surface area contributed by atoms with Crippen molar-refractivity contribution in [3.05, 3.63) is 36.2 Å². The van der Waals surface area contributed by atoms with Crippen molar-refractivity contribution in [2.75, 3.05) is 23.3 Å². The minimum absolute atomic E-state index is 0.125. The number of fused-ring (bicyclic) bond motifs is 1. The molecule has 2 heterocycles. The van der Waals surface area contributed by atoms with Crippen molar-refractivity contribution in [1.29, 1.82) is 0 Å². The molecular formula is C12H13N5O. The molecule has 2 aromatic rings. The number of rotatable bonds is 1. The number of nitrogens with one attached hydrogen (secondary N) is 2. The first kappa shape index (κ1) is 10.8. The predicted octanol–water partition coefficient (Wildman–Crippen LogP) is 1.27. The average molecular weight is 243 g/mol. The van der Waals surface area contributed by atoms with Gasteiger partial charge < -0.3 is 10.2 Å². The van der Waals surface area contributed by atoms with Crippen molar-refractivity contribution < 1.29 is 4.79 Å². The van der Waals surface area contributed by atoms with Crippen LogP contribution in [-0.4, -0.2) is 34.4 Å². The van der Waals surface area contributed by atoms with E-state index in [1.54, 1.807) is 4.90 Å². The van der Waals surface area contributed by atoms with E-state index in [1.807, 2.05) is 24.3 Å². The molecular weight excluding hydrogens is 230 g/mol. The number of anilines is 2. The minimum atomic E-state index is -0.125. The molecule has 2 N–H and O–H groups in total. The Labute approximate surface area is 104 Å². The number of aromatic nitrogens is 3. The molecule has 0 aliphatic carbocycles. The largest absolute Gasteiger partial charge is 0.383 e. The molecule has 1 aliphatic heterocycles. The SMILES string of the molecule is O=C(c1cn[nH]n1)N1CCCNc2ccccc21. The van der Waals surface area contributed by atoms with Gasteiger partial charge in [-0.3, -0.25) is 4.79 Å². The molecule has 3 rings (SSSR count). The zero-order valence-corrected chi connectivity index (χ0v) is 9.76. The Balaban J connectivity index is 1.99. The van der Waals surface area contributed by atoms with Crippen LogP contribution in [0.3, 0.4) is 0 Å². The van der Waals surface area contributed by atoms with Gasteiger partial charge in [-0.25, -0.2) is 0 Å². The standard InChI is InChI=1S/C12H13N5O/c18-12(10-8-14-16-15-10)17-7-3-6-13-9-4-1-2-5-11(9)17/h1-2,4-5,8,13H,3,6-7H2,(H,14,15,16). The normalized spacial score (nSPS) is 14.6. The smallest absolute Gasteiger partial charge is 0.280 e. The molecule has 0 bridgehead atoms. The van der Waals surface area contributed by atoms with Crippen LogP contribution in [0.5, 0.6) is 0 Å². The van der Waals surface area contributed by atoms with E-state index in [-0.39, 0.29) is 5.91 Å². The maximum atomic E-state index is 12.4. The third-order valence-corrected chi connectivity index (χ3v) is 2.95. The van der Waals surface area contributed by atoms with E-state index in [9.17, 15) is 4.79 Å². The molecule has 6 nitrogen and oxygen atoms in total. The van der Waals surface area contributed by atoms with E-state index in [4.69, 9.17) is 0 Å². The molecule has 0 unspecified atom stereocenters. The zero-order valence-electron chi connectivity index (χ0n) is 9.76. The number of hydrogen-bond acceptors (Lipinski definition) is 4. The number of para-hydroxylation sites is 2. The first-order chi connectivity index (χ1) is 8.86.